The minimum atomic E-state index is -0.729. The second-order valence-electron chi connectivity index (χ2n) is 6.62. The van der Waals surface area contributed by atoms with Gasteiger partial charge in [0.15, 0.2) is 6.10 Å². The SMILES string of the molecule is CC[C@H](Oc1ccc(OC)cc1)C(=O)Nc1c(C)n(C)n(-c2ccccc2)c1=O. The fourth-order valence-corrected chi connectivity index (χ4v) is 3.06. The fourth-order valence-electron chi connectivity index (χ4n) is 3.06. The van der Waals surface area contributed by atoms with Gasteiger partial charge in [-0.15, -0.1) is 0 Å². The number of nitrogens with one attached hydrogen (secondary N) is 1. The van der Waals surface area contributed by atoms with Crippen molar-refractivity contribution in [1.82, 2.24) is 9.36 Å². The summed E-state index contributed by atoms with van der Waals surface area (Å²) in [6, 6.07) is 16.3. The molecule has 1 N–H and O–H groups in total. The molecule has 7 nitrogen and oxygen atoms in total. The maximum atomic E-state index is 13.0. The van der Waals surface area contributed by atoms with Crippen LogP contribution < -0.4 is 20.3 Å². The average Bonchev–Trinajstić information content (AvgIpc) is 2.96. The van der Waals surface area contributed by atoms with Crippen LogP contribution in [0.2, 0.25) is 0 Å². The van der Waals surface area contributed by atoms with Crippen molar-refractivity contribution in [3.8, 4) is 17.2 Å². The van der Waals surface area contributed by atoms with Gasteiger partial charge in [-0.2, -0.15) is 0 Å². The Morgan fingerprint density at radius 1 is 1.07 bits per heavy atom. The Hall–Kier alpha value is -3.48. The Bertz CT molecular complexity index is 1040. The maximum Gasteiger partial charge on any atom is 0.295 e. The molecule has 29 heavy (non-hydrogen) atoms. The van der Waals surface area contributed by atoms with Gasteiger partial charge in [-0.25, -0.2) is 4.68 Å². The quantitative estimate of drug-likeness (QED) is 0.666. The number of methoxy groups -OCH3 is 1. The summed E-state index contributed by atoms with van der Waals surface area (Å²) < 4.78 is 14.2. The van der Waals surface area contributed by atoms with E-state index in [0.717, 1.165) is 5.69 Å². The van der Waals surface area contributed by atoms with E-state index in [2.05, 4.69) is 5.32 Å². The summed E-state index contributed by atoms with van der Waals surface area (Å²) in [5.74, 6) is 0.893. The van der Waals surface area contributed by atoms with Crippen LogP contribution in [-0.4, -0.2) is 28.5 Å². The number of amides is 1. The fraction of sp³-hybridized carbons (Fsp3) is 0.273. The summed E-state index contributed by atoms with van der Waals surface area (Å²) in [5.41, 5.74) is 1.35. The van der Waals surface area contributed by atoms with Crippen molar-refractivity contribution < 1.29 is 14.3 Å². The average molecular weight is 395 g/mol. The topological polar surface area (TPSA) is 74.5 Å². The molecule has 0 bridgehead atoms. The van der Waals surface area contributed by atoms with Gasteiger partial charge in [0.1, 0.15) is 17.2 Å². The van der Waals surface area contributed by atoms with Gasteiger partial charge < -0.3 is 14.8 Å². The predicted molar refractivity (Wildman–Crippen MR) is 112 cm³/mol. The lowest BCUT2D eigenvalue weighted by Crippen LogP contribution is -2.34. The molecular formula is C22H25N3O4. The molecule has 1 atom stereocenters. The number of anilines is 1. The molecule has 0 aliphatic rings. The molecule has 1 aromatic heterocycles. The van der Waals surface area contributed by atoms with Crippen molar-refractivity contribution in [2.45, 2.75) is 26.4 Å². The van der Waals surface area contributed by atoms with Crippen LogP contribution in [0.3, 0.4) is 0 Å². The zero-order valence-corrected chi connectivity index (χ0v) is 17.0. The Balaban J connectivity index is 1.82. The number of carbonyl (C=O) groups is 1. The highest BCUT2D eigenvalue weighted by Gasteiger charge is 2.23. The van der Waals surface area contributed by atoms with Gasteiger partial charge in [0.2, 0.25) is 0 Å². The largest absolute Gasteiger partial charge is 0.497 e. The summed E-state index contributed by atoms with van der Waals surface area (Å²) in [4.78, 5) is 25.8. The first kappa shape index (κ1) is 20.3. The third-order valence-electron chi connectivity index (χ3n) is 4.80. The number of aromatic nitrogens is 2. The molecule has 7 heteroatoms. The van der Waals surface area contributed by atoms with Gasteiger partial charge in [-0.3, -0.25) is 14.3 Å². The van der Waals surface area contributed by atoms with Gasteiger partial charge in [-0.05, 0) is 49.7 Å². The van der Waals surface area contributed by atoms with E-state index in [0.29, 0.717) is 23.6 Å². The van der Waals surface area contributed by atoms with Crippen molar-refractivity contribution in [3.05, 3.63) is 70.6 Å². The molecular weight excluding hydrogens is 370 g/mol. The van der Waals surface area contributed by atoms with Crippen molar-refractivity contribution in [2.24, 2.45) is 7.05 Å². The van der Waals surface area contributed by atoms with Crippen molar-refractivity contribution >= 4 is 11.6 Å². The second kappa shape index (κ2) is 8.68. The van der Waals surface area contributed by atoms with E-state index in [4.69, 9.17) is 9.47 Å². The molecule has 0 spiro atoms. The van der Waals surface area contributed by atoms with E-state index in [9.17, 15) is 9.59 Å². The molecule has 0 radical (unpaired) electrons. The lowest BCUT2D eigenvalue weighted by atomic mass is 10.2. The molecule has 3 rings (SSSR count). The van der Waals surface area contributed by atoms with E-state index < -0.39 is 6.10 Å². The Morgan fingerprint density at radius 3 is 2.28 bits per heavy atom. The summed E-state index contributed by atoms with van der Waals surface area (Å²) in [6.45, 7) is 3.65. The van der Waals surface area contributed by atoms with Gasteiger partial charge >= 0.3 is 0 Å². The first-order chi connectivity index (χ1) is 14.0. The molecule has 152 valence electrons. The van der Waals surface area contributed by atoms with E-state index in [1.807, 2.05) is 37.3 Å². The van der Waals surface area contributed by atoms with Gasteiger partial charge in [0, 0.05) is 7.05 Å². The number of nitrogens with zero attached hydrogens (tertiary/aromatic N) is 2. The van der Waals surface area contributed by atoms with Gasteiger partial charge in [-0.1, -0.05) is 25.1 Å². The van der Waals surface area contributed by atoms with Crippen LogP contribution in [0.15, 0.2) is 59.4 Å². The smallest absolute Gasteiger partial charge is 0.295 e. The lowest BCUT2D eigenvalue weighted by Gasteiger charge is -2.17. The van der Waals surface area contributed by atoms with Crippen molar-refractivity contribution in [1.29, 1.82) is 0 Å². The first-order valence-electron chi connectivity index (χ1n) is 9.41. The number of rotatable bonds is 7. The predicted octanol–water partition coefficient (Wildman–Crippen LogP) is 3.29. The number of hydrogen-bond donors (Lipinski definition) is 1. The third kappa shape index (κ3) is 4.18. The first-order valence-corrected chi connectivity index (χ1v) is 9.41. The van der Waals surface area contributed by atoms with Crippen LogP contribution in [0.1, 0.15) is 19.0 Å². The van der Waals surface area contributed by atoms with E-state index in [1.165, 1.54) is 4.68 Å². The Kier molecular flexibility index (Phi) is 6.07. The molecule has 0 saturated heterocycles. The minimum absolute atomic E-state index is 0.248. The highest BCUT2D eigenvalue weighted by Crippen LogP contribution is 2.20. The summed E-state index contributed by atoms with van der Waals surface area (Å²) in [7, 11) is 3.37. The number of benzene rings is 2. The highest BCUT2D eigenvalue weighted by molar-refractivity contribution is 5.94. The minimum Gasteiger partial charge on any atom is -0.497 e. The number of hydrogen-bond acceptors (Lipinski definition) is 4. The van der Waals surface area contributed by atoms with Crippen molar-refractivity contribution in [2.75, 3.05) is 12.4 Å². The molecule has 0 fully saturated rings. The zero-order valence-electron chi connectivity index (χ0n) is 17.0. The molecule has 0 aliphatic heterocycles. The van der Waals surface area contributed by atoms with E-state index in [1.54, 1.807) is 50.0 Å². The second-order valence-corrected chi connectivity index (χ2v) is 6.62. The van der Waals surface area contributed by atoms with Crippen LogP contribution in [0.25, 0.3) is 5.69 Å². The number of carbonyl (C=O) groups excluding carboxylic acids is 1. The molecule has 1 amide bonds. The molecule has 0 unspecified atom stereocenters. The van der Waals surface area contributed by atoms with Crippen LogP contribution >= 0.6 is 0 Å². The molecule has 2 aromatic carbocycles. The zero-order chi connectivity index (χ0) is 21.0. The number of para-hydroxylation sites is 1. The summed E-state index contributed by atoms with van der Waals surface area (Å²) >= 11 is 0. The van der Waals surface area contributed by atoms with Gasteiger partial charge in [0.25, 0.3) is 11.5 Å². The molecule has 0 saturated carbocycles. The molecule has 1 heterocycles. The van der Waals surface area contributed by atoms with Gasteiger partial charge in [0.05, 0.1) is 18.5 Å². The monoisotopic (exact) mass is 395 g/mol. The molecule has 3 aromatic rings. The highest BCUT2D eigenvalue weighted by atomic mass is 16.5. The number of ether oxygens (including phenoxy) is 2. The van der Waals surface area contributed by atoms with Crippen LogP contribution in [0, 0.1) is 6.92 Å². The van der Waals surface area contributed by atoms with Crippen LogP contribution in [-0.2, 0) is 11.8 Å². The lowest BCUT2D eigenvalue weighted by molar-refractivity contribution is -0.122. The third-order valence-corrected chi connectivity index (χ3v) is 4.80. The van der Waals surface area contributed by atoms with Crippen molar-refractivity contribution in [3.63, 3.8) is 0 Å². The van der Waals surface area contributed by atoms with E-state index >= 15 is 0 Å². The Morgan fingerprint density at radius 2 is 1.69 bits per heavy atom. The molecule has 0 aliphatic carbocycles. The summed E-state index contributed by atoms with van der Waals surface area (Å²) in [6.07, 6.45) is -0.274. The van der Waals surface area contributed by atoms with E-state index in [-0.39, 0.29) is 17.2 Å². The standard InChI is InChI=1S/C22H25N3O4/c1-5-19(29-18-13-11-17(28-4)12-14-18)21(26)23-20-15(2)24(3)25(22(20)27)16-9-7-6-8-10-16/h6-14,19H,5H2,1-4H3,(H,23,26)/t19-/m0/s1. The maximum absolute atomic E-state index is 13.0. The van der Waals surface area contributed by atoms with Crippen LogP contribution in [0.5, 0.6) is 11.5 Å². The van der Waals surface area contributed by atoms with Crippen LogP contribution in [0.4, 0.5) is 5.69 Å². The normalized spacial score (nSPS) is 11.7. The Labute approximate surface area is 169 Å². The summed E-state index contributed by atoms with van der Waals surface area (Å²) in [5, 5.41) is 2.76.